The number of thioether (sulfide) groups is 1. The summed E-state index contributed by atoms with van der Waals surface area (Å²) in [7, 11) is 0. The van der Waals surface area contributed by atoms with Gasteiger partial charge >= 0.3 is 0 Å². The number of benzene rings is 1. The van der Waals surface area contributed by atoms with E-state index in [9.17, 15) is 4.79 Å². The summed E-state index contributed by atoms with van der Waals surface area (Å²) in [5.41, 5.74) is 7.83. The van der Waals surface area contributed by atoms with Gasteiger partial charge in [0.05, 0.1) is 5.56 Å². The minimum Gasteiger partial charge on any atom is -0.398 e. The van der Waals surface area contributed by atoms with Gasteiger partial charge < -0.3 is 16.2 Å². The fourth-order valence-corrected chi connectivity index (χ4v) is 2.25. The molecule has 0 bridgehead atoms. The van der Waals surface area contributed by atoms with Crippen molar-refractivity contribution in [1.82, 2.24) is 5.32 Å². The van der Waals surface area contributed by atoms with E-state index in [2.05, 4.69) is 5.32 Å². The largest absolute Gasteiger partial charge is 0.398 e. The molecular formula is C13H20N2O2S. The lowest BCUT2D eigenvalue weighted by molar-refractivity contribution is 0.0957. The molecule has 0 aliphatic carbocycles. The summed E-state index contributed by atoms with van der Waals surface area (Å²) in [4.78, 5) is 11.9. The standard InChI is InChI=1S/C13H20N2O2S/c1-10-3-4-12(14)11(9-10)13(17)15-5-8-18-7-2-6-16/h3-4,9,16H,2,5-8,14H2,1H3,(H,15,17). The number of hydrogen-bond acceptors (Lipinski definition) is 4. The highest BCUT2D eigenvalue weighted by Crippen LogP contribution is 2.13. The summed E-state index contributed by atoms with van der Waals surface area (Å²) in [6.07, 6.45) is 0.795. The molecule has 1 rings (SSSR count). The van der Waals surface area contributed by atoms with Crippen molar-refractivity contribution in [2.45, 2.75) is 13.3 Å². The normalized spacial score (nSPS) is 10.3. The Morgan fingerprint density at radius 3 is 2.94 bits per heavy atom. The fraction of sp³-hybridized carbons (Fsp3) is 0.462. The highest BCUT2D eigenvalue weighted by molar-refractivity contribution is 7.99. The summed E-state index contributed by atoms with van der Waals surface area (Å²) in [5.74, 6) is 1.63. The molecule has 4 nitrogen and oxygen atoms in total. The third-order valence-corrected chi connectivity index (χ3v) is 3.50. The van der Waals surface area contributed by atoms with Crippen LogP contribution in [0.1, 0.15) is 22.3 Å². The van der Waals surface area contributed by atoms with Gasteiger partial charge in [0.15, 0.2) is 0 Å². The van der Waals surface area contributed by atoms with Crippen molar-refractivity contribution in [2.24, 2.45) is 0 Å². The van der Waals surface area contributed by atoms with E-state index in [-0.39, 0.29) is 12.5 Å². The Hall–Kier alpha value is -1.20. The van der Waals surface area contributed by atoms with E-state index < -0.39 is 0 Å². The van der Waals surface area contributed by atoms with E-state index >= 15 is 0 Å². The molecule has 0 fully saturated rings. The monoisotopic (exact) mass is 268 g/mol. The summed E-state index contributed by atoms with van der Waals surface area (Å²) in [5, 5.41) is 11.5. The van der Waals surface area contributed by atoms with Gasteiger partial charge in [0.2, 0.25) is 0 Å². The first kappa shape index (κ1) is 14.9. The molecule has 0 atom stereocenters. The quantitative estimate of drug-likeness (QED) is 0.516. The van der Waals surface area contributed by atoms with Crippen molar-refractivity contribution in [3.05, 3.63) is 29.3 Å². The zero-order chi connectivity index (χ0) is 13.4. The van der Waals surface area contributed by atoms with E-state index in [1.54, 1.807) is 23.9 Å². The number of carbonyl (C=O) groups excluding carboxylic acids is 1. The molecule has 0 aliphatic rings. The van der Waals surface area contributed by atoms with Gasteiger partial charge in [-0.25, -0.2) is 0 Å². The Morgan fingerprint density at radius 2 is 2.22 bits per heavy atom. The molecule has 1 aromatic rings. The number of anilines is 1. The number of hydrogen-bond donors (Lipinski definition) is 3. The van der Waals surface area contributed by atoms with Crippen LogP contribution in [0.2, 0.25) is 0 Å². The van der Waals surface area contributed by atoms with Crippen LogP contribution in [0.25, 0.3) is 0 Å². The maximum Gasteiger partial charge on any atom is 0.253 e. The van der Waals surface area contributed by atoms with E-state index in [1.807, 2.05) is 13.0 Å². The molecule has 5 heteroatoms. The maximum absolute atomic E-state index is 11.9. The lowest BCUT2D eigenvalue weighted by Gasteiger charge is -2.08. The molecule has 0 aromatic heterocycles. The highest BCUT2D eigenvalue weighted by atomic mass is 32.2. The van der Waals surface area contributed by atoms with Crippen LogP contribution in [0.3, 0.4) is 0 Å². The summed E-state index contributed by atoms with van der Waals surface area (Å²) in [6.45, 7) is 2.77. The van der Waals surface area contributed by atoms with Gasteiger partial charge in [-0.1, -0.05) is 11.6 Å². The summed E-state index contributed by atoms with van der Waals surface area (Å²) < 4.78 is 0. The first-order valence-corrected chi connectivity index (χ1v) is 7.13. The van der Waals surface area contributed by atoms with Crippen molar-refractivity contribution >= 4 is 23.4 Å². The summed E-state index contributed by atoms with van der Waals surface area (Å²) in [6, 6.07) is 5.43. The van der Waals surface area contributed by atoms with Gasteiger partial charge in [0, 0.05) is 24.6 Å². The second-order valence-electron chi connectivity index (χ2n) is 4.04. The van der Waals surface area contributed by atoms with Crippen LogP contribution in [0.4, 0.5) is 5.69 Å². The van der Waals surface area contributed by atoms with Crippen molar-refractivity contribution in [3.8, 4) is 0 Å². The number of aliphatic hydroxyl groups excluding tert-OH is 1. The van der Waals surface area contributed by atoms with Crippen LogP contribution in [0.5, 0.6) is 0 Å². The summed E-state index contributed by atoms with van der Waals surface area (Å²) >= 11 is 1.72. The van der Waals surface area contributed by atoms with Crippen LogP contribution in [-0.2, 0) is 0 Å². The predicted octanol–water partition coefficient (Wildman–Crippen LogP) is 1.42. The van der Waals surface area contributed by atoms with Crippen molar-refractivity contribution in [1.29, 1.82) is 0 Å². The molecule has 0 saturated heterocycles. The van der Waals surface area contributed by atoms with Crippen molar-refractivity contribution in [2.75, 3.05) is 30.4 Å². The molecule has 0 aliphatic heterocycles. The van der Waals surface area contributed by atoms with Crippen molar-refractivity contribution in [3.63, 3.8) is 0 Å². The molecule has 1 amide bonds. The fourth-order valence-electron chi connectivity index (χ4n) is 1.47. The SMILES string of the molecule is Cc1ccc(N)c(C(=O)NCCSCCCO)c1. The minimum atomic E-state index is -0.126. The number of aliphatic hydroxyl groups is 1. The number of carbonyl (C=O) groups is 1. The zero-order valence-electron chi connectivity index (χ0n) is 10.6. The van der Waals surface area contributed by atoms with E-state index in [0.717, 1.165) is 23.5 Å². The van der Waals surface area contributed by atoms with Crippen LogP contribution >= 0.6 is 11.8 Å². The molecule has 0 radical (unpaired) electrons. The lowest BCUT2D eigenvalue weighted by Crippen LogP contribution is -2.26. The van der Waals surface area contributed by atoms with Crippen LogP contribution < -0.4 is 11.1 Å². The van der Waals surface area contributed by atoms with E-state index in [1.165, 1.54) is 0 Å². The van der Waals surface area contributed by atoms with Crippen LogP contribution in [0, 0.1) is 6.92 Å². The molecule has 0 saturated carbocycles. The smallest absolute Gasteiger partial charge is 0.253 e. The minimum absolute atomic E-state index is 0.126. The van der Waals surface area contributed by atoms with Crippen LogP contribution in [-0.4, -0.2) is 35.7 Å². The highest BCUT2D eigenvalue weighted by Gasteiger charge is 2.08. The molecule has 100 valence electrons. The number of rotatable bonds is 7. The zero-order valence-corrected chi connectivity index (χ0v) is 11.4. The molecule has 0 spiro atoms. The van der Waals surface area contributed by atoms with Gasteiger partial charge in [-0.3, -0.25) is 4.79 Å². The first-order valence-electron chi connectivity index (χ1n) is 5.98. The molecule has 0 unspecified atom stereocenters. The van der Waals surface area contributed by atoms with Gasteiger partial charge in [0.1, 0.15) is 0 Å². The van der Waals surface area contributed by atoms with Crippen LogP contribution in [0.15, 0.2) is 18.2 Å². The Labute approximate surface area is 112 Å². The Kier molecular flexibility index (Phi) is 6.60. The first-order chi connectivity index (χ1) is 8.65. The maximum atomic E-state index is 11.9. The number of amides is 1. The average molecular weight is 268 g/mol. The third kappa shape index (κ3) is 4.98. The molecule has 18 heavy (non-hydrogen) atoms. The number of nitrogen functional groups attached to an aromatic ring is 1. The van der Waals surface area contributed by atoms with Gasteiger partial charge in [0.25, 0.3) is 5.91 Å². The predicted molar refractivity (Wildman–Crippen MR) is 77.0 cm³/mol. The van der Waals surface area contributed by atoms with E-state index in [0.29, 0.717) is 17.8 Å². The Bertz CT molecular complexity index is 397. The average Bonchev–Trinajstić information content (AvgIpc) is 2.36. The van der Waals surface area contributed by atoms with Gasteiger partial charge in [-0.05, 0) is 31.2 Å². The Morgan fingerprint density at radius 1 is 1.44 bits per heavy atom. The van der Waals surface area contributed by atoms with Gasteiger partial charge in [-0.15, -0.1) is 0 Å². The second kappa shape index (κ2) is 8.00. The number of nitrogens with one attached hydrogen (secondary N) is 1. The number of aryl methyl sites for hydroxylation is 1. The second-order valence-corrected chi connectivity index (χ2v) is 5.26. The van der Waals surface area contributed by atoms with Gasteiger partial charge in [-0.2, -0.15) is 11.8 Å². The lowest BCUT2D eigenvalue weighted by atomic mass is 10.1. The molecule has 1 aromatic carbocycles. The van der Waals surface area contributed by atoms with E-state index in [4.69, 9.17) is 10.8 Å². The molecule has 4 N–H and O–H groups in total. The molecular weight excluding hydrogens is 248 g/mol. The Balaban J connectivity index is 2.34. The van der Waals surface area contributed by atoms with Crippen molar-refractivity contribution < 1.29 is 9.90 Å². The topological polar surface area (TPSA) is 75.4 Å². The number of nitrogens with two attached hydrogens (primary N) is 1. The third-order valence-electron chi connectivity index (χ3n) is 2.43. The molecule has 0 heterocycles.